The number of thiazole rings is 1. The second kappa shape index (κ2) is 9.79. The zero-order valence-electron chi connectivity index (χ0n) is 18.1. The summed E-state index contributed by atoms with van der Waals surface area (Å²) >= 11 is 2.98. The molecular formula is C24H20F3NO4S2. The van der Waals surface area contributed by atoms with Gasteiger partial charge >= 0.3 is 12.1 Å². The molecule has 1 aromatic heterocycles. The van der Waals surface area contributed by atoms with E-state index in [1.54, 1.807) is 17.8 Å². The molecular weight excluding hydrogens is 487 g/mol. The first-order valence-electron chi connectivity index (χ1n) is 10.4. The molecule has 0 aliphatic heterocycles. The Hall–Kier alpha value is -2.85. The summed E-state index contributed by atoms with van der Waals surface area (Å²) in [6.07, 6.45) is -3.20. The lowest BCUT2D eigenvalue weighted by Crippen LogP contribution is -2.17. The lowest BCUT2D eigenvalue weighted by atomic mass is 9.90. The van der Waals surface area contributed by atoms with Crippen molar-refractivity contribution in [3.63, 3.8) is 0 Å². The van der Waals surface area contributed by atoms with Gasteiger partial charge in [0.05, 0.1) is 11.3 Å². The zero-order valence-corrected chi connectivity index (χ0v) is 19.7. The Balaban J connectivity index is 1.53. The molecule has 0 spiro atoms. The summed E-state index contributed by atoms with van der Waals surface area (Å²) in [5, 5.41) is 9.56. The molecule has 10 heteroatoms. The Kier molecular flexibility index (Phi) is 6.99. The monoisotopic (exact) mass is 507 g/mol. The van der Waals surface area contributed by atoms with Crippen LogP contribution in [0.1, 0.15) is 33.7 Å². The Morgan fingerprint density at radius 2 is 1.88 bits per heavy atom. The number of benzene rings is 2. The summed E-state index contributed by atoms with van der Waals surface area (Å²) in [5.41, 5.74) is 2.47. The molecule has 0 unspecified atom stereocenters. The molecule has 1 aliphatic carbocycles. The van der Waals surface area contributed by atoms with Crippen molar-refractivity contribution < 1.29 is 32.6 Å². The number of carboxylic acids is 1. The van der Waals surface area contributed by atoms with Gasteiger partial charge in [0.1, 0.15) is 16.5 Å². The fourth-order valence-electron chi connectivity index (χ4n) is 3.71. The van der Waals surface area contributed by atoms with E-state index in [1.165, 1.54) is 23.5 Å². The number of Topliss-reactive ketones (excluding diaryl/α,β-unsaturated/α-hetero) is 1. The summed E-state index contributed by atoms with van der Waals surface area (Å²) < 4.78 is 43.9. The number of aryl methyl sites for hydroxylation is 1. The minimum Gasteiger partial charge on any atom is -0.482 e. The highest BCUT2D eigenvalue weighted by molar-refractivity contribution is 7.98. The quantitative estimate of drug-likeness (QED) is 0.398. The van der Waals surface area contributed by atoms with Crippen molar-refractivity contribution in [2.75, 3.05) is 6.61 Å². The highest BCUT2D eigenvalue weighted by Gasteiger charge is 2.30. The SMILES string of the molecule is Cc1nc(-c2ccc(C(F)(F)F)cc2)sc1CSc1ccc(OCC(=O)O)c2c1CC(=O)CC2. The lowest BCUT2D eigenvalue weighted by Gasteiger charge is -2.21. The number of aliphatic carboxylic acids is 1. The number of rotatable bonds is 7. The van der Waals surface area contributed by atoms with Crippen LogP contribution in [0, 0.1) is 6.92 Å². The molecule has 1 aliphatic rings. The molecule has 4 rings (SSSR count). The van der Waals surface area contributed by atoms with Gasteiger partial charge in [-0.2, -0.15) is 13.2 Å². The van der Waals surface area contributed by atoms with Crippen LogP contribution < -0.4 is 4.74 Å². The molecule has 0 saturated carbocycles. The fraction of sp³-hybridized carbons (Fsp3) is 0.292. The zero-order chi connectivity index (χ0) is 24.5. The number of carbonyl (C=O) groups excluding carboxylic acids is 1. The van der Waals surface area contributed by atoms with Gasteiger partial charge in [-0.3, -0.25) is 4.79 Å². The summed E-state index contributed by atoms with van der Waals surface area (Å²) in [6.45, 7) is 1.42. The van der Waals surface area contributed by atoms with E-state index in [1.807, 2.05) is 13.0 Å². The average molecular weight is 508 g/mol. The van der Waals surface area contributed by atoms with Gasteiger partial charge in [-0.05, 0) is 48.7 Å². The molecule has 1 N–H and O–H groups in total. The molecule has 0 amide bonds. The van der Waals surface area contributed by atoms with Crippen molar-refractivity contribution in [2.24, 2.45) is 0 Å². The van der Waals surface area contributed by atoms with Gasteiger partial charge in [-0.1, -0.05) is 12.1 Å². The molecule has 0 radical (unpaired) electrons. The summed E-state index contributed by atoms with van der Waals surface area (Å²) in [5.74, 6) is 0.139. The minimum absolute atomic E-state index is 0.128. The predicted molar refractivity (Wildman–Crippen MR) is 123 cm³/mol. The maximum atomic E-state index is 12.8. The molecule has 34 heavy (non-hydrogen) atoms. The Labute approximate surface area is 202 Å². The van der Waals surface area contributed by atoms with E-state index in [-0.39, 0.29) is 12.2 Å². The summed E-state index contributed by atoms with van der Waals surface area (Å²) in [6, 6.07) is 8.54. The van der Waals surface area contributed by atoms with Crippen LogP contribution in [0.3, 0.4) is 0 Å². The van der Waals surface area contributed by atoms with Crippen LogP contribution in [0.5, 0.6) is 5.75 Å². The van der Waals surface area contributed by atoms with Crippen molar-refractivity contribution in [3.05, 3.63) is 63.7 Å². The number of carbonyl (C=O) groups is 2. The molecule has 2 aromatic carbocycles. The number of thioether (sulfide) groups is 1. The van der Waals surface area contributed by atoms with E-state index in [0.717, 1.165) is 38.7 Å². The van der Waals surface area contributed by atoms with Crippen LogP contribution >= 0.6 is 23.1 Å². The molecule has 0 atom stereocenters. The van der Waals surface area contributed by atoms with Gasteiger partial charge in [0, 0.05) is 33.9 Å². The highest BCUT2D eigenvalue weighted by Crippen LogP contribution is 2.39. The standard InChI is InChI=1S/C24H20F3NO4S2/c1-13-21(34-23(28-13)14-2-4-15(5-3-14)24(25,26)27)12-33-20-9-8-19(32-11-22(30)31)17-7-6-16(29)10-18(17)20/h2-5,8-9H,6-7,10-12H2,1H3,(H,30,31). The normalized spacial score (nSPS) is 13.6. The number of ketones is 1. The third kappa shape index (κ3) is 5.44. The largest absolute Gasteiger partial charge is 0.482 e. The summed E-state index contributed by atoms with van der Waals surface area (Å²) in [4.78, 5) is 29.4. The number of alkyl halides is 3. The number of aromatic nitrogens is 1. The third-order valence-electron chi connectivity index (χ3n) is 5.43. The molecule has 0 bridgehead atoms. The van der Waals surface area contributed by atoms with Crippen LogP contribution in [0.4, 0.5) is 13.2 Å². The van der Waals surface area contributed by atoms with Crippen LogP contribution in [-0.4, -0.2) is 28.4 Å². The molecule has 0 saturated heterocycles. The Morgan fingerprint density at radius 1 is 1.15 bits per heavy atom. The Bertz CT molecular complexity index is 1240. The van der Waals surface area contributed by atoms with Gasteiger partial charge in [-0.25, -0.2) is 9.78 Å². The summed E-state index contributed by atoms with van der Waals surface area (Å²) in [7, 11) is 0. The van der Waals surface area contributed by atoms with E-state index in [9.17, 15) is 22.8 Å². The smallest absolute Gasteiger partial charge is 0.416 e. The first-order valence-corrected chi connectivity index (χ1v) is 12.2. The maximum absolute atomic E-state index is 12.8. The van der Waals surface area contributed by atoms with Gasteiger partial charge in [0.25, 0.3) is 0 Å². The number of halogens is 3. The minimum atomic E-state index is -4.38. The van der Waals surface area contributed by atoms with E-state index < -0.39 is 24.3 Å². The van der Waals surface area contributed by atoms with Crippen LogP contribution in [0.15, 0.2) is 41.3 Å². The number of ether oxygens (including phenoxy) is 1. The molecule has 5 nitrogen and oxygen atoms in total. The van der Waals surface area contributed by atoms with E-state index in [4.69, 9.17) is 9.84 Å². The van der Waals surface area contributed by atoms with Crippen molar-refractivity contribution in [3.8, 4) is 16.3 Å². The van der Waals surface area contributed by atoms with Crippen LogP contribution in [-0.2, 0) is 34.4 Å². The fourth-order valence-corrected chi connectivity index (χ4v) is 6.01. The first-order chi connectivity index (χ1) is 16.1. The van der Waals surface area contributed by atoms with Crippen LogP contribution in [0.25, 0.3) is 10.6 Å². The van der Waals surface area contributed by atoms with Crippen molar-refractivity contribution in [2.45, 2.75) is 43.0 Å². The van der Waals surface area contributed by atoms with Gasteiger partial charge < -0.3 is 9.84 Å². The first kappa shape index (κ1) is 24.3. The van der Waals surface area contributed by atoms with Gasteiger partial charge in [0.15, 0.2) is 6.61 Å². The average Bonchev–Trinajstić information content (AvgIpc) is 3.16. The second-order valence-corrected chi connectivity index (χ2v) is 9.91. The predicted octanol–water partition coefficient (Wildman–Crippen LogP) is 5.95. The molecule has 3 aromatic rings. The molecule has 1 heterocycles. The molecule has 0 fully saturated rings. The number of hydrogen-bond acceptors (Lipinski definition) is 6. The lowest BCUT2D eigenvalue weighted by molar-refractivity contribution is -0.139. The van der Waals surface area contributed by atoms with E-state index >= 15 is 0 Å². The van der Waals surface area contributed by atoms with E-state index in [0.29, 0.717) is 34.9 Å². The van der Waals surface area contributed by atoms with Gasteiger partial charge in [-0.15, -0.1) is 23.1 Å². The maximum Gasteiger partial charge on any atom is 0.416 e. The number of fused-ring (bicyclic) bond motifs is 1. The van der Waals surface area contributed by atoms with Crippen molar-refractivity contribution in [1.82, 2.24) is 4.98 Å². The Morgan fingerprint density at radius 3 is 2.56 bits per heavy atom. The number of carboxylic acid groups (broad SMARTS) is 1. The van der Waals surface area contributed by atoms with Crippen molar-refractivity contribution >= 4 is 34.9 Å². The second-order valence-electron chi connectivity index (χ2n) is 7.81. The highest BCUT2D eigenvalue weighted by atomic mass is 32.2. The number of nitrogens with zero attached hydrogens (tertiary/aromatic N) is 1. The van der Waals surface area contributed by atoms with Crippen molar-refractivity contribution in [1.29, 1.82) is 0 Å². The topological polar surface area (TPSA) is 76.5 Å². The van der Waals surface area contributed by atoms with Crippen LogP contribution in [0.2, 0.25) is 0 Å². The number of hydrogen-bond donors (Lipinski definition) is 1. The van der Waals surface area contributed by atoms with E-state index in [2.05, 4.69) is 4.98 Å². The third-order valence-corrected chi connectivity index (χ3v) is 7.95. The van der Waals surface area contributed by atoms with Gasteiger partial charge in [0.2, 0.25) is 0 Å². The molecule has 178 valence electrons.